The van der Waals surface area contributed by atoms with E-state index in [2.05, 4.69) is 9.97 Å². The third-order valence-electron chi connectivity index (χ3n) is 5.70. The van der Waals surface area contributed by atoms with E-state index in [1.54, 1.807) is 48.8 Å². The molecule has 1 saturated heterocycles. The van der Waals surface area contributed by atoms with Crippen molar-refractivity contribution < 1.29 is 18.4 Å². The van der Waals surface area contributed by atoms with Crippen LogP contribution in [0, 0.1) is 11.6 Å². The van der Waals surface area contributed by atoms with Crippen LogP contribution in [0.5, 0.6) is 0 Å². The Morgan fingerprint density at radius 2 is 1.42 bits per heavy atom. The fourth-order valence-corrected chi connectivity index (χ4v) is 4.14. The summed E-state index contributed by atoms with van der Waals surface area (Å²) in [7, 11) is 0. The van der Waals surface area contributed by atoms with Gasteiger partial charge in [0.2, 0.25) is 5.95 Å². The SMILES string of the molecule is O=C1C(c2ccccc2)=C(N2CCN(c3ncccn3)CC2)C(=O)N1c1ccc(F)cc1F. The van der Waals surface area contributed by atoms with Crippen molar-refractivity contribution in [3.63, 3.8) is 0 Å². The van der Waals surface area contributed by atoms with Crippen LogP contribution in [0.4, 0.5) is 20.4 Å². The van der Waals surface area contributed by atoms with Crippen molar-refractivity contribution in [3.8, 4) is 0 Å². The number of piperazine rings is 1. The fourth-order valence-electron chi connectivity index (χ4n) is 4.14. The molecule has 3 aromatic rings. The second-order valence-electron chi connectivity index (χ2n) is 7.65. The number of anilines is 2. The number of benzene rings is 2. The number of imide groups is 1. The molecule has 1 aromatic heterocycles. The van der Waals surface area contributed by atoms with E-state index in [1.807, 2.05) is 9.80 Å². The van der Waals surface area contributed by atoms with Gasteiger partial charge in [-0.3, -0.25) is 9.59 Å². The molecule has 2 aliphatic rings. The van der Waals surface area contributed by atoms with Gasteiger partial charge >= 0.3 is 0 Å². The van der Waals surface area contributed by atoms with Crippen LogP contribution in [0.1, 0.15) is 5.56 Å². The maximum Gasteiger partial charge on any atom is 0.282 e. The second-order valence-corrected chi connectivity index (χ2v) is 7.65. The quantitative estimate of drug-likeness (QED) is 0.573. The van der Waals surface area contributed by atoms with E-state index in [1.165, 1.54) is 0 Å². The highest BCUT2D eigenvalue weighted by Gasteiger charge is 2.44. The molecule has 0 aliphatic carbocycles. The number of carbonyl (C=O) groups is 2. The first-order valence-electron chi connectivity index (χ1n) is 10.4. The van der Waals surface area contributed by atoms with E-state index in [4.69, 9.17) is 0 Å². The van der Waals surface area contributed by atoms with Crippen molar-refractivity contribution in [2.45, 2.75) is 0 Å². The molecule has 5 rings (SSSR count). The monoisotopic (exact) mass is 447 g/mol. The number of carbonyl (C=O) groups excluding carboxylic acids is 2. The number of halogens is 2. The summed E-state index contributed by atoms with van der Waals surface area (Å²) in [6.45, 7) is 1.98. The number of hydrogen-bond acceptors (Lipinski definition) is 6. The zero-order chi connectivity index (χ0) is 22.9. The van der Waals surface area contributed by atoms with Crippen LogP contribution in [0.3, 0.4) is 0 Å². The first-order chi connectivity index (χ1) is 16.0. The molecule has 3 heterocycles. The summed E-state index contributed by atoms with van der Waals surface area (Å²) >= 11 is 0. The third-order valence-corrected chi connectivity index (χ3v) is 5.70. The van der Waals surface area contributed by atoms with Crippen molar-refractivity contribution in [3.05, 3.63) is 89.9 Å². The van der Waals surface area contributed by atoms with E-state index < -0.39 is 23.4 Å². The first-order valence-corrected chi connectivity index (χ1v) is 10.4. The molecule has 0 saturated carbocycles. The predicted molar refractivity (Wildman–Crippen MR) is 118 cm³/mol. The van der Waals surface area contributed by atoms with Crippen LogP contribution in [0.15, 0.2) is 72.7 Å². The number of amides is 2. The molecule has 2 aromatic carbocycles. The Labute approximate surface area is 188 Å². The molecule has 1 fully saturated rings. The standard InChI is InChI=1S/C24H19F2N5O2/c25-17-7-8-19(18(26)15-17)31-22(32)20(16-5-2-1-3-6-16)21(23(31)33)29-11-13-30(14-12-29)24-27-9-4-10-28-24/h1-10,15H,11-14H2. The summed E-state index contributed by atoms with van der Waals surface area (Å²) in [5.74, 6) is -2.44. The van der Waals surface area contributed by atoms with Crippen LogP contribution in [-0.4, -0.2) is 52.9 Å². The topological polar surface area (TPSA) is 69.6 Å². The van der Waals surface area contributed by atoms with Crippen LogP contribution in [0.25, 0.3) is 5.57 Å². The fraction of sp³-hybridized carbons (Fsp3) is 0.167. The number of nitrogens with zero attached hydrogens (tertiary/aromatic N) is 5. The molecule has 0 N–H and O–H groups in total. The van der Waals surface area contributed by atoms with Gasteiger partial charge in [-0.15, -0.1) is 0 Å². The Hall–Kier alpha value is -4.14. The van der Waals surface area contributed by atoms with Crippen molar-refractivity contribution in [1.29, 1.82) is 0 Å². The molecule has 0 atom stereocenters. The van der Waals surface area contributed by atoms with Crippen molar-refractivity contribution in [2.24, 2.45) is 0 Å². The van der Waals surface area contributed by atoms with Gasteiger partial charge in [0.1, 0.15) is 17.3 Å². The Morgan fingerprint density at radius 1 is 0.758 bits per heavy atom. The molecular weight excluding hydrogens is 428 g/mol. The highest BCUT2D eigenvalue weighted by Crippen LogP contribution is 2.36. The smallest absolute Gasteiger partial charge is 0.282 e. The molecule has 166 valence electrons. The van der Waals surface area contributed by atoms with Gasteiger partial charge in [-0.05, 0) is 23.8 Å². The van der Waals surface area contributed by atoms with E-state index >= 15 is 0 Å². The van der Waals surface area contributed by atoms with E-state index in [0.717, 1.165) is 17.0 Å². The Kier molecular flexibility index (Phi) is 5.29. The lowest BCUT2D eigenvalue weighted by molar-refractivity contribution is -0.120. The minimum Gasteiger partial charge on any atom is -0.363 e. The minimum absolute atomic E-state index is 0.203. The molecular formula is C24H19F2N5O2. The summed E-state index contributed by atoms with van der Waals surface area (Å²) < 4.78 is 28.0. The normalized spacial score (nSPS) is 16.7. The largest absolute Gasteiger partial charge is 0.363 e. The summed E-state index contributed by atoms with van der Waals surface area (Å²) in [5.41, 5.74) is 0.702. The van der Waals surface area contributed by atoms with E-state index in [9.17, 15) is 18.4 Å². The van der Waals surface area contributed by atoms with Crippen LogP contribution in [0.2, 0.25) is 0 Å². The molecule has 7 nitrogen and oxygen atoms in total. The third kappa shape index (κ3) is 3.71. The summed E-state index contributed by atoms with van der Waals surface area (Å²) in [6.07, 6.45) is 3.33. The molecule has 33 heavy (non-hydrogen) atoms. The first kappa shape index (κ1) is 20.7. The van der Waals surface area contributed by atoms with Crippen LogP contribution in [-0.2, 0) is 9.59 Å². The molecule has 0 bridgehead atoms. The Morgan fingerprint density at radius 3 is 2.09 bits per heavy atom. The second kappa shape index (κ2) is 8.42. The number of aromatic nitrogens is 2. The van der Waals surface area contributed by atoms with Crippen molar-refractivity contribution in [1.82, 2.24) is 14.9 Å². The van der Waals surface area contributed by atoms with Crippen molar-refractivity contribution in [2.75, 3.05) is 36.0 Å². The molecule has 0 unspecified atom stereocenters. The molecule has 2 amide bonds. The highest BCUT2D eigenvalue weighted by molar-refractivity contribution is 6.45. The zero-order valence-corrected chi connectivity index (χ0v) is 17.5. The van der Waals surface area contributed by atoms with Gasteiger partial charge in [-0.1, -0.05) is 30.3 Å². The van der Waals surface area contributed by atoms with Gasteiger partial charge in [0, 0.05) is 44.6 Å². The van der Waals surface area contributed by atoms with E-state index in [0.29, 0.717) is 43.8 Å². The van der Waals surface area contributed by atoms with Gasteiger partial charge in [-0.25, -0.2) is 23.6 Å². The van der Waals surface area contributed by atoms with Gasteiger partial charge in [-0.2, -0.15) is 0 Å². The van der Waals surface area contributed by atoms with Gasteiger partial charge in [0.25, 0.3) is 11.8 Å². The summed E-state index contributed by atoms with van der Waals surface area (Å²) in [4.78, 5) is 40.1. The molecule has 9 heteroatoms. The summed E-state index contributed by atoms with van der Waals surface area (Å²) in [6, 6.07) is 13.3. The molecule has 0 spiro atoms. The minimum atomic E-state index is -0.976. The number of hydrogen-bond donors (Lipinski definition) is 0. The zero-order valence-electron chi connectivity index (χ0n) is 17.5. The maximum absolute atomic E-state index is 14.5. The summed E-state index contributed by atoms with van der Waals surface area (Å²) in [5, 5.41) is 0. The number of rotatable bonds is 4. The van der Waals surface area contributed by atoms with Crippen LogP contribution >= 0.6 is 0 Å². The van der Waals surface area contributed by atoms with Crippen LogP contribution < -0.4 is 9.80 Å². The Bertz CT molecular complexity index is 1240. The van der Waals surface area contributed by atoms with Gasteiger partial charge in [0.05, 0.1) is 11.3 Å². The average molecular weight is 447 g/mol. The average Bonchev–Trinajstić information content (AvgIpc) is 3.10. The van der Waals surface area contributed by atoms with Crippen molar-refractivity contribution >= 4 is 29.0 Å². The lowest BCUT2D eigenvalue weighted by Gasteiger charge is -2.36. The van der Waals surface area contributed by atoms with Gasteiger partial charge in [0.15, 0.2) is 0 Å². The molecule has 2 aliphatic heterocycles. The van der Waals surface area contributed by atoms with Gasteiger partial charge < -0.3 is 9.80 Å². The van der Waals surface area contributed by atoms with E-state index in [-0.39, 0.29) is 17.0 Å². The highest BCUT2D eigenvalue weighted by atomic mass is 19.1. The Balaban J connectivity index is 1.51. The predicted octanol–water partition coefficient (Wildman–Crippen LogP) is 2.86. The maximum atomic E-state index is 14.5. The lowest BCUT2D eigenvalue weighted by Crippen LogP contribution is -2.48. The lowest BCUT2D eigenvalue weighted by atomic mass is 10.0. The molecule has 0 radical (unpaired) electrons.